The molecule has 126 valence electrons. The van der Waals surface area contributed by atoms with Crippen molar-refractivity contribution in [2.75, 3.05) is 11.1 Å². The molecule has 0 saturated carbocycles. The average molecular weight is 351 g/mol. The van der Waals surface area contributed by atoms with Crippen LogP contribution in [0.5, 0.6) is 0 Å². The maximum absolute atomic E-state index is 12.2. The zero-order valence-electron chi connectivity index (χ0n) is 13.7. The molecule has 0 spiro atoms. The van der Waals surface area contributed by atoms with E-state index in [1.54, 1.807) is 0 Å². The van der Waals surface area contributed by atoms with Crippen molar-refractivity contribution < 1.29 is 4.79 Å². The van der Waals surface area contributed by atoms with Gasteiger partial charge in [0.25, 0.3) is 0 Å². The van der Waals surface area contributed by atoms with Crippen LogP contribution in [-0.2, 0) is 11.3 Å². The van der Waals surface area contributed by atoms with Crippen molar-refractivity contribution in [2.24, 2.45) is 0 Å². The standard InChI is InChI=1S/C18H17N5OS/c1-2-22-14-10-6-7-11-15(14)23-17(22)20-21-18(23)25-12-16(24)19-13-8-4-3-5-9-13/h3-11H,2,12H2,1H3,(H,19,24). The van der Waals surface area contributed by atoms with Crippen molar-refractivity contribution in [3.05, 3.63) is 54.6 Å². The van der Waals surface area contributed by atoms with E-state index in [9.17, 15) is 4.79 Å². The highest BCUT2D eigenvalue weighted by molar-refractivity contribution is 7.99. The lowest BCUT2D eigenvalue weighted by Crippen LogP contribution is -2.14. The van der Waals surface area contributed by atoms with Gasteiger partial charge in [-0.15, -0.1) is 10.2 Å². The Bertz CT molecular complexity index is 1040. The lowest BCUT2D eigenvalue weighted by molar-refractivity contribution is -0.113. The van der Waals surface area contributed by atoms with E-state index in [-0.39, 0.29) is 11.7 Å². The third-order valence-electron chi connectivity index (χ3n) is 3.98. The summed E-state index contributed by atoms with van der Waals surface area (Å²) in [5.41, 5.74) is 2.96. The number of nitrogens with zero attached hydrogens (tertiary/aromatic N) is 4. The van der Waals surface area contributed by atoms with Crippen LogP contribution in [0.15, 0.2) is 59.8 Å². The van der Waals surface area contributed by atoms with E-state index in [1.807, 2.05) is 52.9 Å². The van der Waals surface area contributed by atoms with Gasteiger partial charge in [0.15, 0.2) is 5.16 Å². The number of imidazole rings is 1. The number of carbonyl (C=O) groups is 1. The van der Waals surface area contributed by atoms with Crippen molar-refractivity contribution in [3.63, 3.8) is 0 Å². The number of anilines is 1. The molecule has 0 bridgehead atoms. The van der Waals surface area contributed by atoms with Gasteiger partial charge < -0.3 is 9.88 Å². The first-order valence-corrected chi connectivity index (χ1v) is 9.06. The number of aromatic nitrogens is 4. The van der Waals surface area contributed by atoms with E-state index in [1.165, 1.54) is 11.8 Å². The summed E-state index contributed by atoms with van der Waals surface area (Å²) in [6.07, 6.45) is 0. The number of hydrogen-bond donors (Lipinski definition) is 1. The van der Waals surface area contributed by atoms with Crippen LogP contribution in [0.1, 0.15) is 6.92 Å². The number of nitrogens with one attached hydrogen (secondary N) is 1. The highest BCUT2D eigenvalue weighted by atomic mass is 32.2. The van der Waals surface area contributed by atoms with Crippen LogP contribution >= 0.6 is 11.8 Å². The van der Waals surface area contributed by atoms with Gasteiger partial charge in [-0.25, -0.2) is 0 Å². The Labute approximate surface area is 148 Å². The van der Waals surface area contributed by atoms with Gasteiger partial charge >= 0.3 is 0 Å². The molecule has 4 rings (SSSR count). The molecule has 7 heteroatoms. The predicted molar refractivity (Wildman–Crippen MR) is 100.0 cm³/mol. The molecular formula is C18H17N5OS. The monoisotopic (exact) mass is 351 g/mol. The zero-order chi connectivity index (χ0) is 17.2. The first-order valence-electron chi connectivity index (χ1n) is 8.08. The van der Waals surface area contributed by atoms with E-state index in [2.05, 4.69) is 33.1 Å². The number of thioether (sulfide) groups is 1. The van der Waals surface area contributed by atoms with Crippen LogP contribution in [0.3, 0.4) is 0 Å². The molecule has 0 unspecified atom stereocenters. The normalized spacial score (nSPS) is 11.2. The Morgan fingerprint density at radius 1 is 1.04 bits per heavy atom. The molecule has 1 amide bonds. The lowest BCUT2D eigenvalue weighted by atomic mass is 10.3. The molecule has 0 saturated heterocycles. The third kappa shape index (κ3) is 2.87. The fourth-order valence-electron chi connectivity index (χ4n) is 2.89. The Balaban J connectivity index is 1.59. The molecule has 0 radical (unpaired) electrons. The fraction of sp³-hybridized carbons (Fsp3) is 0.167. The van der Waals surface area contributed by atoms with Gasteiger partial charge in [-0.05, 0) is 31.2 Å². The molecule has 0 fully saturated rings. The number of benzene rings is 2. The minimum absolute atomic E-state index is 0.0628. The molecule has 4 aromatic rings. The van der Waals surface area contributed by atoms with Gasteiger partial charge in [0.2, 0.25) is 11.7 Å². The van der Waals surface area contributed by atoms with Crippen LogP contribution < -0.4 is 5.32 Å². The topological polar surface area (TPSA) is 64.2 Å². The number of rotatable bonds is 5. The van der Waals surface area contributed by atoms with Crippen LogP contribution in [0.4, 0.5) is 5.69 Å². The van der Waals surface area contributed by atoms with Crippen LogP contribution in [0.2, 0.25) is 0 Å². The van der Waals surface area contributed by atoms with Gasteiger partial charge in [-0.1, -0.05) is 42.1 Å². The van der Waals surface area contributed by atoms with Gasteiger partial charge in [-0.3, -0.25) is 9.20 Å². The third-order valence-corrected chi connectivity index (χ3v) is 4.91. The average Bonchev–Trinajstić information content (AvgIpc) is 3.18. The number of hydrogen-bond acceptors (Lipinski definition) is 4. The molecule has 0 aliphatic heterocycles. The highest BCUT2D eigenvalue weighted by Crippen LogP contribution is 2.25. The summed E-state index contributed by atoms with van der Waals surface area (Å²) < 4.78 is 4.13. The molecule has 2 heterocycles. The van der Waals surface area contributed by atoms with Gasteiger partial charge in [0.05, 0.1) is 16.8 Å². The molecule has 0 aliphatic carbocycles. The van der Waals surface area contributed by atoms with E-state index in [0.29, 0.717) is 0 Å². The maximum Gasteiger partial charge on any atom is 0.237 e. The molecular weight excluding hydrogens is 334 g/mol. The number of fused-ring (bicyclic) bond motifs is 3. The summed E-state index contributed by atoms with van der Waals surface area (Å²) in [6, 6.07) is 17.6. The predicted octanol–water partition coefficient (Wildman–Crippen LogP) is 3.43. The summed E-state index contributed by atoms with van der Waals surface area (Å²) in [6.45, 7) is 2.90. The summed E-state index contributed by atoms with van der Waals surface area (Å²) in [4.78, 5) is 12.2. The Morgan fingerprint density at radius 3 is 2.52 bits per heavy atom. The smallest absolute Gasteiger partial charge is 0.237 e. The van der Waals surface area contributed by atoms with Gasteiger partial charge in [0, 0.05) is 12.2 Å². The Kier molecular flexibility index (Phi) is 4.15. The second-order valence-corrected chi connectivity index (χ2v) is 6.50. The first kappa shape index (κ1) is 15.7. The largest absolute Gasteiger partial charge is 0.325 e. The van der Waals surface area contributed by atoms with E-state index >= 15 is 0 Å². The second kappa shape index (κ2) is 6.60. The van der Waals surface area contributed by atoms with E-state index in [4.69, 9.17) is 0 Å². The fourth-order valence-corrected chi connectivity index (χ4v) is 3.63. The summed E-state index contributed by atoms with van der Waals surface area (Å²) in [5, 5.41) is 12.2. The quantitative estimate of drug-likeness (QED) is 0.560. The van der Waals surface area contributed by atoms with Crippen LogP contribution in [-0.4, -0.2) is 30.8 Å². The van der Waals surface area contributed by atoms with Crippen molar-refractivity contribution in [2.45, 2.75) is 18.6 Å². The van der Waals surface area contributed by atoms with Gasteiger partial charge in [0.1, 0.15) is 0 Å². The Hall–Kier alpha value is -2.80. The van der Waals surface area contributed by atoms with Crippen molar-refractivity contribution in [1.82, 2.24) is 19.2 Å². The minimum Gasteiger partial charge on any atom is -0.325 e. The second-order valence-electron chi connectivity index (χ2n) is 5.55. The summed E-state index contributed by atoms with van der Waals surface area (Å²) >= 11 is 1.39. The van der Waals surface area contributed by atoms with Crippen molar-refractivity contribution >= 4 is 40.2 Å². The number of amides is 1. The zero-order valence-corrected chi connectivity index (χ0v) is 14.5. The van der Waals surface area contributed by atoms with Gasteiger partial charge in [-0.2, -0.15) is 0 Å². The molecule has 6 nitrogen and oxygen atoms in total. The van der Waals surface area contributed by atoms with E-state index < -0.39 is 0 Å². The molecule has 0 aliphatic rings. The number of aryl methyl sites for hydroxylation is 1. The molecule has 2 aromatic heterocycles. The maximum atomic E-state index is 12.2. The van der Waals surface area contributed by atoms with Crippen LogP contribution in [0.25, 0.3) is 16.8 Å². The number of para-hydroxylation sites is 3. The van der Waals surface area contributed by atoms with Crippen molar-refractivity contribution in [3.8, 4) is 0 Å². The molecule has 25 heavy (non-hydrogen) atoms. The van der Waals surface area contributed by atoms with E-state index in [0.717, 1.165) is 34.2 Å². The molecule has 2 aromatic carbocycles. The Morgan fingerprint density at radius 2 is 1.76 bits per heavy atom. The summed E-state index contributed by atoms with van der Waals surface area (Å²) in [5.74, 6) is 1.02. The number of carbonyl (C=O) groups excluding carboxylic acids is 1. The molecule has 1 N–H and O–H groups in total. The highest BCUT2D eigenvalue weighted by Gasteiger charge is 2.16. The van der Waals surface area contributed by atoms with Crippen LogP contribution in [0, 0.1) is 0 Å². The lowest BCUT2D eigenvalue weighted by Gasteiger charge is -2.03. The SMILES string of the molecule is CCn1c2ccccc2n2c(SCC(=O)Nc3ccccc3)nnc12. The molecule has 0 atom stereocenters. The van der Waals surface area contributed by atoms with Crippen molar-refractivity contribution in [1.29, 1.82) is 0 Å². The minimum atomic E-state index is -0.0628. The first-order chi connectivity index (χ1) is 12.3. The summed E-state index contributed by atoms with van der Waals surface area (Å²) in [7, 11) is 0.